The molecule has 2 fully saturated rings. The average Bonchev–Trinajstić information content (AvgIpc) is 2.55. The average molecular weight is 305 g/mol. The molecule has 1 aromatic rings. The Morgan fingerprint density at radius 1 is 1.32 bits per heavy atom. The molecule has 1 unspecified atom stereocenters. The van der Waals surface area contributed by atoms with Crippen molar-refractivity contribution in [3.05, 3.63) is 23.8 Å². The lowest BCUT2D eigenvalue weighted by atomic mass is 10.1. The molecular weight excluding hydrogens is 282 g/mol. The molecule has 0 radical (unpaired) electrons. The molecule has 1 N–H and O–H groups in total. The van der Waals surface area contributed by atoms with Crippen molar-refractivity contribution in [3.63, 3.8) is 0 Å². The summed E-state index contributed by atoms with van der Waals surface area (Å²) in [5.41, 5.74) is 1.08. The normalized spacial score (nSPS) is 22.4. The van der Waals surface area contributed by atoms with Crippen LogP contribution in [0.2, 0.25) is 0 Å². The Kier molecular flexibility index (Phi) is 4.49. The molecule has 22 heavy (non-hydrogen) atoms. The minimum atomic E-state index is 0.227. The summed E-state index contributed by atoms with van der Waals surface area (Å²) in [6, 6.07) is 6.10. The van der Waals surface area contributed by atoms with Crippen molar-refractivity contribution < 1.29 is 14.3 Å². The summed E-state index contributed by atoms with van der Waals surface area (Å²) in [6.45, 7) is 4.68. The molecular formula is C16H23N3O3. The maximum Gasteiger partial charge on any atom is 0.237 e. The second-order valence-corrected chi connectivity index (χ2v) is 5.79. The van der Waals surface area contributed by atoms with Gasteiger partial charge >= 0.3 is 0 Å². The highest BCUT2D eigenvalue weighted by atomic mass is 16.5. The van der Waals surface area contributed by atoms with E-state index >= 15 is 0 Å². The quantitative estimate of drug-likeness (QED) is 0.868. The van der Waals surface area contributed by atoms with Crippen LogP contribution >= 0.6 is 0 Å². The molecule has 3 rings (SSSR count). The van der Waals surface area contributed by atoms with Gasteiger partial charge in [0.05, 0.1) is 26.8 Å². The Labute approximate surface area is 131 Å². The van der Waals surface area contributed by atoms with Crippen molar-refractivity contribution in [2.45, 2.75) is 12.6 Å². The number of hydrogen-bond donors (Lipinski definition) is 1. The van der Waals surface area contributed by atoms with Gasteiger partial charge in [0.15, 0.2) is 0 Å². The molecule has 0 saturated carbocycles. The fourth-order valence-corrected chi connectivity index (χ4v) is 3.24. The first kappa shape index (κ1) is 15.1. The number of rotatable bonds is 4. The molecule has 2 heterocycles. The highest BCUT2D eigenvalue weighted by molar-refractivity contribution is 5.79. The summed E-state index contributed by atoms with van der Waals surface area (Å²) in [7, 11) is 3.30. The number of amides is 1. The molecule has 1 amide bonds. The maximum atomic E-state index is 12.3. The third-order valence-electron chi connectivity index (χ3n) is 4.39. The smallest absolute Gasteiger partial charge is 0.237 e. The fourth-order valence-electron chi connectivity index (χ4n) is 3.24. The first-order chi connectivity index (χ1) is 10.7. The van der Waals surface area contributed by atoms with E-state index in [0.29, 0.717) is 13.1 Å². The Hall–Kier alpha value is -1.79. The number of piperazine rings is 2. The minimum absolute atomic E-state index is 0.227. The van der Waals surface area contributed by atoms with Crippen LogP contribution in [0.4, 0.5) is 0 Å². The van der Waals surface area contributed by atoms with Gasteiger partial charge in [0.25, 0.3) is 0 Å². The van der Waals surface area contributed by atoms with Gasteiger partial charge in [-0.05, 0) is 6.07 Å². The number of carbonyl (C=O) groups is 1. The van der Waals surface area contributed by atoms with Crippen molar-refractivity contribution in [2.75, 3.05) is 46.9 Å². The monoisotopic (exact) mass is 305 g/mol. The zero-order valence-corrected chi connectivity index (χ0v) is 13.2. The van der Waals surface area contributed by atoms with Crippen LogP contribution < -0.4 is 14.8 Å². The molecule has 0 aliphatic carbocycles. The van der Waals surface area contributed by atoms with Crippen LogP contribution in [0.3, 0.4) is 0 Å². The second kappa shape index (κ2) is 6.54. The maximum absolute atomic E-state index is 12.3. The fraction of sp³-hybridized carbons (Fsp3) is 0.562. The van der Waals surface area contributed by atoms with Crippen LogP contribution in [0.15, 0.2) is 18.2 Å². The van der Waals surface area contributed by atoms with Crippen molar-refractivity contribution in [2.24, 2.45) is 0 Å². The van der Waals surface area contributed by atoms with Gasteiger partial charge in [-0.15, -0.1) is 0 Å². The van der Waals surface area contributed by atoms with Gasteiger partial charge in [0, 0.05) is 44.4 Å². The largest absolute Gasteiger partial charge is 0.497 e. The van der Waals surface area contributed by atoms with Crippen LogP contribution in [-0.2, 0) is 11.3 Å². The number of fused-ring (bicyclic) bond motifs is 1. The Morgan fingerprint density at radius 3 is 2.95 bits per heavy atom. The lowest BCUT2D eigenvalue weighted by Gasteiger charge is -2.44. The van der Waals surface area contributed by atoms with E-state index in [9.17, 15) is 4.79 Å². The van der Waals surface area contributed by atoms with E-state index in [1.54, 1.807) is 14.2 Å². The molecule has 2 saturated heterocycles. The number of ether oxygens (including phenoxy) is 2. The predicted molar refractivity (Wildman–Crippen MR) is 83.2 cm³/mol. The molecule has 2 aliphatic heterocycles. The molecule has 1 aromatic carbocycles. The Morgan fingerprint density at radius 2 is 2.18 bits per heavy atom. The molecule has 0 aromatic heterocycles. The second-order valence-electron chi connectivity index (χ2n) is 5.79. The summed E-state index contributed by atoms with van der Waals surface area (Å²) in [5.74, 6) is 1.80. The summed E-state index contributed by atoms with van der Waals surface area (Å²) in [5, 5.41) is 3.36. The van der Waals surface area contributed by atoms with Gasteiger partial charge < -0.3 is 19.7 Å². The number of nitrogens with zero attached hydrogens (tertiary/aromatic N) is 2. The van der Waals surface area contributed by atoms with E-state index in [-0.39, 0.29) is 11.9 Å². The minimum Gasteiger partial charge on any atom is -0.497 e. The first-order valence-electron chi connectivity index (χ1n) is 7.64. The first-order valence-corrected chi connectivity index (χ1v) is 7.64. The highest BCUT2D eigenvalue weighted by Crippen LogP contribution is 2.26. The molecule has 2 aliphatic rings. The van der Waals surface area contributed by atoms with Gasteiger partial charge in [-0.1, -0.05) is 6.07 Å². The van der Waals surface area contributed by atoms with Gasteiger partial charge in [-0.3, -0.25) is 9.69 Å². The molecule has 0 bridgehead atoms. The van der Waals surface area contributed by atoms with Crippen molar-refractivity contribution in [1.82, 2.24) is 15.1 Å². The SMILES string of the molecule is COc1ccc(CN2CC(=O)N3CCNCC3C2)c(OC)c1. The van der Waals surface area contributed by atoms with E-state index < -0.39 is 0 Å². The number of methoxy groups -OCH3 is 2. The van der Waals surface area contributed by atoms with Gasteiger partial charge in [-0.25, -0.2) is 0 Å². The summed E-state index contributed by atoms with van der Waals surface area (Å²) >= 11 is 0. The summed E-state index contributed by atoms with van der Waals surface area (Å²) < 4.78 is 10.7. The van der Waals surface area contributed by atoms with Crippen molar-refractivity contribution >= 4 is 5.91 Å². The van der Waals surface area contributed by atoms with Gasteiger partial charge in [0.1, 0.15) is 11.5 Å². The Balaban J connectivity index is 1.72. The molecule has 6 nitrogen and oxygen atoms in total. The highest BCUT2D eigenvalue weighted by Gasteiger charge is 2.34. The zero-order chi connectivity index (χ0) is 15.5. The van der Waals surface area contributed by atoms with Crippen LogP contribution in [0.25, 0.3) is 0 Å². The van der Waals surface area contributed by atoms with Crippen LogP contribution in [0, 0.1) is 0 Å². The van der Waals surface area contributed by atoms with Gasteiger partial charge in [-0.2, -0.15) is 0 Å². The molecule has 0 spiro atoms. The standard InChI is InChI=1S/C16H23N3O3/c1-21-14-4-3-12(15(7-14)22-2)9-18-10-13-8-17-5-6-19(13)16(20)11-18/h3-4,7,13,17H,5-6,8-11H2,1-2H3. The van der Waals surface area contributed by atoms with Crippen LogP contribution in [0.1, 0.15) is 5.56 Å². The van der Waals surface area contributed by atoms with E-state index in [2.05, 4.69) is 10.2 Å². The molecule has 120 valence electrons. The van der Waals surface area contributed by atoms with E-state index in [4.69, 9.17) is 9.47 Å². The van der Waals surface area contributed by atoms with Crippen LogP contribution in [0.5, 0.6) is 11.5 Å². The van der Waals surface area contributed by atoms with Crippen LogP contribution in [-0.4, -0.2) is 68.7 Å². The lowest BCUT2D eigenvalue weighted by molar-refractivity contribution is -0.141. The predicted octanol–water partition coefficient (Wildman–Crippen LogP) is 0.320. The zero-order valence-electron chi connectivity index (χ0n) is 13.2. The number of hydrogen-bond acceptors (Lipinski definition) is 5. The topological polar surface area (TPSA) is 54.0 Å². The van der Waals surface area contributed by atoms with E-state index in [1.807, 2.05) is 23.1 Å². The molecule has 6 heteroatoms. The molecule has 1 atom stereocenters. The summed E-state index contributed by atoms with van der Waals surface area (Å²) in [6.07, 6.45) is 0. The van der Waals surface area contributed by atoms with Crippen molar-refractivity contribution in [3.8, 4) is 11.5 Å². The van der Waals surface area contributed by atoms with E-state index in [0.717, 1.165) is 43.2 Å². The van der Waals surface area contributed by atoms with Gasteiger partial charge in [0.2, 0.25) is 5.91 Å². The number of nitrogens with one attached hydrogen (secondary N) is 1. The third-order valence-corrected chi connectivity index (χ3v) is 4.39. The lowest BCUT2D eigenvalue weighted by Crippen LogP contribution is -2.63. The Bertz CT molecular complexity index is 549. The number of benzene rings is 1. The summed E-state index contributed by atoms with van der Waals surface area (Å²) in [4.78, 5) is 16.5. The van der Waals surface area contributed by atoms with Crippen molar-refractivity contribution in [1.29, 1.82) is 0 Å². The third kappa shape index (κ3) is 3.03. The van der Waals surface area contributed by atoms with E-state index in [1.165, 1.54) is 0 Å². The number of carbonyl (C=O) groups excluding carboxylic acids is 1.